The highest BCUT2D eigenvalue weighted by Crippen LogP contribution is 2.25. The predicted octanol–water partition coefficient (Wildman–Crippen LogP) is 6.91. The summed E-state index contributed by atoms with van der Waals surface area (Å²) in [6.07, 6.45) is 3.38. The van der Waals surface area contributed by atoms with Gasteiger partial charge in [0, 0.05) is 5.56 Å². The second-order valence-corrected chi connectivity index (χ2v) is 7.03. The molecule has 0 radical (unpaired) electrons. The Labute approximate surface area is 175 Å². The molecule has 0 N–H and O–H groups in total. The van der Waals surface area contributed by atoms with Gasteiger partial charge in [-0.2, -0.15) is 0 Å². The van der Waals surface area contributed by atoms with Crippen molar-refractivity contribution in [1.82, 2.24) is 0 Å². The van der Waals surface area contributed by atoms with Crippen LogP contribution in [0.25, 0.3) is 11.1 Å². The smallest absolute Gasteiger partial charge is 0.174 e. The van der Waals surface area contributed by atoms with Crippen LogP contribution in [0, 0.1) is 29.3 Å². The molecule has 0 aliphatic heterocycles. The van der Waals surface area contributed by atoms with Crippen molar-refractivity contribution in [2.24, 2.45) is 0 Å². The maximum Gasteiger partial charge on any atom is 0.174 e. The first-order valence-corrected chi connectivity index (χ1v) is 9.96. The molecule has 0 heterocycles. The van der Waals surface area contributed by atoms with E-state index in [1.165, 1.54) is 19.2 Å². The molecule has 0 saturated carbocycles. The van der Waals surface area contributed by atoms with Gasteiger partial charge in [0.05, 0.1) is 12.7 Å². The van der Waals surface area contributed by atoms with Gasteiger partial charge in [0.2, 0.25) is 0 Å². The Bertz CT molecular complexity index is 1080. The van der Waals surface area contributed by atoms with Crippen LogP contribution >= 0.6 is 0 Å². The molecule has 154 valence electrons. The van der Waals surface area contributed by atoms with Crippen LogP contribution in [0.5, 0.6) is 5.75 Å². The number of ether oxygens (including phenoxy) is 1. The van der Waals surface area contributed by atoms with Crippen molar-refractivity contribution in [2.45, 2.75) is 32.6 Å². The monoisotopic (exact) mass is 408 g/mol. The third-order valence-corrected chi connectivity index (χ3v) is 4.92. The lowest BCUT2D eigenvalue weighted by Gasteiger charge is -2.06. The number of methoxy groups -OCH3 is 1. The first kappa shape index (κ1) is 21.5. The summed E-state index contributed by atoms with van der Waals surface area (Å²) in [5.74, 6) is 3.60. The van der Waals surface area contributed by atoms with Gasteiger partial charge in [-0.05, 0) is 59.9 Å². The van der Waals surface area contributed by atoms with Crippen molar-refractivity contribution in [3.05, 3.63) is 88.7 Å². The molecule has 0 amide bonds. The Kier molecular flexibility index (Phi) is 7.19. The highest BCUT2D eigenvalue weighted by atomic mass is 19.2. The number of benzene rings is 3. The van der Waals surface area contributed by atoms with Crippen LogP contribution in [-0.2, 0) is 6.42 Å². The van der Waals surface area contributed by atoms with E-state index in [-0.39, 0.29) is 11.3 Å². The van der Waals surface area contributed by atoms with E-state index in [0.717, 1.165) is 24.8 Å². The lowest BCUT2D eigenvalue weighted by Crippen LogP contribution is -1.98. The van der Waals surface area contributed by atoms with Gasteiger partial charge in [0.25, 0.3) is 0 Å². The van der Waals surface area contributed by atoms with Gasteiger partial charge < -0.3 is 4.74 Å². The van der Waals surface area contributed by atoms with E-state index in [0.29, 0.717) is 23.1 Å². The molecule has 3 rings (SSSR count). The summed E-state index contributed by atoms with van der Waals surface area (Å²) in [7, 11) is 1.42. The molecule has 4 heteroatoms. The van der Waals surface area contributed by atoms with E-state index >= 15 is 0 Å². The fraction of sp³-hybridized carbons (Fsp3) is 0.231. The maximum absolute atomic E-state index is 14.3. The zero-order valence-corrected chi connectivity index (χ0v) is 17.1. The second-order valence-electron chi connectivity index (χ2n) is 7.03. The lowest BCUT2D eigenvalue weighted by molar-refractivity contribution is 0.386. The lowest BCUT2D eigenvalue weighted by atomic mass is 10.0. The van der Waals surface area contributed by atoms with Crippen molar-refractivity contribution in [3.63, 3.8) is 0 Å². The summed E-state index contributed by atoms with van der Waals surface area (Å²) in [4.78, 5) is 0. The fourth-order valence-corrected chi connectivity index (χ4v) is 3.18. The standard InChI is InChI=1S/C26H23F3O/c1-3-4-5-6-20-13-14-21(26(29)25(20)28)12-9-18-7-10-19(11-8-18)22-15-16-24(30-2)23(27)17-22/h7-8,10-11,13-17H,3-6H2,1-2H3. The van der Waals surface area contributed by atoms with Crippen molar-refractivity contribution < 1.29 is 17.9 Å². The molecule has 0 saturated heterocycles. The van der Waals surface area contributed by atoms with E-state index in [9.17, 15) is 13.2 Å². The van der Waals surface area contributed by atoms with Crippen LogP contribution in [0.1, 0.15) is 42.9 Å². The fourth-order valence-electron chi connectivity index (χ4n) is 3.18. The zero-order chi connectivity index (χ0) is 21.5. The van der Waals surface area contributed by atoms with Crippen molar-refractivity contribution in [1.29, 1.82) is 0 Å². The quantitative estimate of drug-likeness (QED) is 0.318. The van der Waals surface area contributed by atoms with Gasteiger partial charge in [-0.25, -0.2) is 13.2 Å². The van der Waals surface area contributed by atoms with Crippen molar-refractivity contribution >= 4 is 0 Å². The van der Waals surface area contributed by atoms with Crippen LogP contribution in [0.15, 0.2) is 54.6 Å². The number of rotatable bonds is 6. The third kappa shape index (κ3) is 5.04. The summed E-state index contributed by atoms with van der Waals surface area (Å²) < 4.78 is 47.4. The number of aryl methyl sites for hydroxylation is 1. The van der Waals surface area contributed by atoms with Gasteiger partial charge in [-0.1, -0.05) is 55.9 Å². The Morgan fingerprint density at radius 3 is 2.20 bits per heavy atom. The molecule has 30 heavy (non-hydrogen) atoms. The second kappa shape index (κ2) is 10.0. The first-order valence-electron chi connectivity index (χ1n) is 9.96. The molecule has 0 spiro atoms. The Hall–Kier alpha value is -3.19. The number of halogens is 3. The molecule has 0 aliphatic rings. The zero-order valence-electron chi connectivity index (χ0n) is 17.1. The SMILES string of the molecule is CCCCCc1ccc(C#Cc2ccc(-c3ccc(OC)c(F)c3)cc2)c(F)c1F. The average molecular weight is 408 g/mol. The van der Waals surface area contributed by atoms with Crippen LogP contribution < -0.4 is 4.74 Å². The van der Waals surface area contributed by atoms with Crippen molar-refractivity contribution in [2.75, 3.05) is 7.11 Å². The average Bonchev–Trinajstić information content (AvgIpc) is 2.76. The minimum Gasteiger partial charge on any atom is -0.494 e. The normalized spacial score (nSPS) is 10.4. The van der Waals surface area contributed by atoms with Crippen LogP contribution in [0.4, 0.5) is 13.2 Å². The first-order chi connectivity index (χ1) is 14.5. The molecule has 0 aliphatic carbocycles. The molecule has 3 aromatic rings. The number of hydrogen-bond donors (Lipinski definition) is 0. The van der Waals surface area contributed by atoms with E-state index in [2.05, 4.69) is 18.8 Å². The van der Waals surface area contributed by atoms with Crippen molar-refractivity contribution in [3.8, 4) is 28.7 Å². The van der Waals surface area contributed by atoms with Crippen LogP contribution in [0.2, 0.25) is 0 Å². The van der Waals surface area contributed by atoms with E-state index in [1.54, 1.807) is 42.5 Å². The van der Waals surface area contributed by atoms with E-state index in [1.807, 2.05) is 0 Å². The van der Waals surface area contributed by atoms with Gasteiger partial charge >= 0.3 is 0 Å². The highest BCUT2D eigenvalue weighted by molar-refractivity contribution is 5.65. The minimum absolute atomic E-state index is 0.0352. The van der Waals surface area contributed by atoms with Gasteiger partial charge in [0.1, 0.15) is 0 Å². The largest absolute Gasteiger partial charge is 0.494 e. The molecule has 0 bridgehead atoms. The summed E-state index contributed by atoms with van der Waals surface area (Å²) >= 11 is 0. The Morgan fingerprint density at radius 2 is 1.53 bits per heavy atom. The van der Waals surface area contributed by atoms with Gasteiger partial charge in [-0.15, -0.1) is 0 Å². The molecule has 0 unspecified atom stereocenters. The molecular weight excluding hydrogens is 385 g/mol. The highest BCUT2D eigenvalue weighted by Gasteiger charge is 2.12. The summed E-state index contributed by atoms with van der Waals surface area (Å²) in [6, 6.07) is 15.0. The topological polar surface area (TPSA) is 9.23 Å². The van der Waals surface area contributed by atoms with E-state index < -0.39 is 17.5 Å². The molecule has 0 aromatic heterocycles. The van der Waals surface area contributed by atoms with Gasteiger partial charge in [0.15, 0.2) is 23.2 Å². The number of unbranched alkanes of at least 4 members (excludes halogenated alkanes) is 2. The van der Waals surface area contributed by atoms with E-state index in [4.69, 9.17) is 4.74 Å². The van der Waals surface area contributed by atoms with Crippen LogP contribution in [0.3, 0.4) is 0 Å². The minimum atomic E-state index is -0.901. The molecular formula is C26H23F3O. The molecule has 0 fully saturated rings. The summed E-state index contributed by atoms with van der Waals surface area (Å²) in [5, 5.41) is 0. The molecule has 3 aromatic carbocycles. The predicted molar refractivity (Wildman–Crippen MR) is 114 cm³/mol. The van der Waals surface area contributed by atoms with Gasteiger partial charge in [-0.3, -0.25) is 0 Å². The Morgan fingerprint density at radius 1 is 0.800 bits per heavy atom. The maximum atomic E-state index is 14.3. The summed E-state index contributed by atoms with van der Waals surface area (Å²) in [6.45, 7) is 2.07. The Balaban J connectivity index is 1.77. The molecule has 1 nitrogen and oxygen atoms in total. The molecule has 0 atom stereocenters. The number of hydrogen-bond acceptors (Lipinski definition) is 1. The summed E-state index contributed by atoms with van der Waals surface area (Å²) in [5.41, 5.74) is 2.60. The third-order valence-electron chi connectivity index (χ3n) is 4.92. The van der Waals surface area contributed by atoms with Crippen LogP contribution in [-0.4, -0.2) is 7.11 Å².